The van der Waals surface area contributed by atoms with Crippen molar-refractivity contribution in [1.29, 1.82) is 0 Å². The third-order valence-corrected chi connectivity index (χ3v) is 3.55. The SMILES string of the molecule is CCCC1(CNCCCCCCN)CC1. The molecule has 0 spiro atoms. The molecule has 15 heavy (non-hydrogen) atoms. The molecule has 0 saturated heterocycles. The Labute approximate surface area is 95.0 Å². The quantitative estimate of drug-likeness (QED) is 0.546. The lowest BCUT2D eigenvalue weighted by molar-refractivity contribution is 0.417. The van der Waals surface area contributed by atoms with E-state index in [2.05, 4.69) is 12.2 Å². The van der Waals surface area contributed by atoms with Crippen molar-refractivity contribution in [3.8, 4) is 0 Å². The average molecular weight is 212 g/mol. The maximum atomic E-state index is 5.45. The summed E-state index contributed by atoms with van der Waals surface area (Å²) in [4.78, 5) is 0. The predicted octanol–water partition coefficient (Wildman–Crippen LogP) is 2.68. The molecule has 1 fully saturated rings. The molecule has 2 heteroatoms. The van der Waals surface area contributed by atoms with Crippen molar-refractivity contribution >= 4 is 0 Å². The van der Waals surface area contributed by atoms with E-state index in [4.69, 9.17) is 5.73 Å². The van der Waals surface area contributed by atoms with Crippen LogP contribution in [0.4, 0.5) is 0 Å². The zero-order chi connectivity index (χ0) is 11.0. The number of hydrogen-bond acceptors (Lipinski definition) is 2. The van der Waals surface area contributed by atoms with Crippen LogP contribution in [0.2, 0.25) is 0 Å². The largest absolute Gasteiger partial charge is 0.330 e. The maximum absolute atomic E-state index is 5.45. The molecule has 0 radical (unpaired) electrons. The monoisotopic (exact) mass is 212 g/mol. The Hall–Kier alpha value is -0.0800. The highest BCUT2D eigenvalue weighted by molar-refractivity contribution is 4.94. The number of nitrogens with one attached hydrogen (secondary N) is 1. The summed E-state index contributed by atoms with van der Waals surface area (Å²) in [5, 5.41) is 3.62. The molecule has 1 aliphatic rings. The minimum atomic E-state index is 0.714. The molecular formula is C13H28N2. The van der Waals surface area contributed by atoms with Gasteiger partial charge < -0.3 is 11.1 Å². The first-order valence-corrected chi connectivity index (χ1v) is 6.74. The Bertz CT molecular complexity index is 153. The van der Waals surface area contributed by atoms with E-state index in [9.17, 15) is 0 Å². The van der Waals surface area contributed by atoms with Crippen LogP contribution in [-0.4, -0.2) is 19.6 Å². The van der Waals surface area contributed by atoms with Crippen LogP contribution in [0, 0.1) is 5.41 Å². The highest BCUT2D eigenvalue weighted by Gasteiger charge is 2.40. The van der Waals surface area contributed by atoms with Crippen molar-refractivity contribution in [3.63, 3.8) is 0 Å². The fraction of sp³-hybridized carbons (Fsp3) is 1.00. The Kier molecular flexibility index (Phi) is 6.26. The molecule has 3 N–H and O–H groups in total. The zero-order valence-corrected chi connectivity index (χ0v) is 10.4. The Balaban J connectivity index is 1.84. The summed E-state index contributed by atoms with van der Waals surface area (Å²) < 4.78 is 0. The highest BCUT2D eigenvalue weighted by atomic mass is 14.9. The van der Waals surface area contributed by atoms with Gasteiger partial charge in [-0.25, -0.2) is 0 Å². The third kappa shape index (κ3) is 5.53. The van der Waals surface area contributed by atoms with Crippen molar-refractivity contribution in [2.45, 2.75) is 58.3 Å². The minimum absolute atomic E-state index is 0.714. The van der Waals surface area contributed by atoms with Crippen LogP contribution in [0.3, 0.4) is 0 Å². The molecule has 0 aromatic rings. The molecule has 0 aliphatic heterocycles. The first kappa shape index (κ1) is 13.0. The number of nitrogens with two attached hydrogens (primary N) is 1. The van der Waals surface area contributed by atoms with Gasteiger partial charge in [0, 0.05) is 6.54 Å². The Morgan fingerprint density at radius 1 is 1.13 bits per heavy atom. The van der Waals surface area contributed by atoms with Crippen molar-refractivity contribution in [3.05, 3.63) is 0 Å². The fourth-order valence-electron chi connectivity index (χ4n) is 2.32. The van der Waals surface area contributed by atoms with Gasteiger partial charge in [-0.15, -0.1) is 0 Å². The Morgan fingerprint density at radius 3 is 2.47 bits per heavy atom. The lowest BCUT2D eigenvalue weighted by Gasteiger charge is -2.14. The highest BCUT2D eigenvalue weighted by Crippen LogP contribution is 2.48. The van der Waals surface area contributed by atoms with Gasteiger partial charge in [0.05, 0.1) is 0 Å². The van der Waals surface area contributed by atoms with Crippen LogP contribution >= 0.6 is 0 Å². The van der Waals surface area contributed by atoms with Crippen LogP contribution < -0.4 is 11.1 Å². The van der Waals surface area contributed by atoms with Gasteiger partial charge in [0.15, 0.2) is 0 Å². The van der Waals surface area contributed by atoms with Gasteiger partial charge in [-0.1, -0.05) is 26.2 Å². The van der Waals surface area contributed by atoms with E-state index in [-0.39, 0.29) is 0 Å². The van der Waals surface area contributed by atoms with E-state index in [0.717, 1.165) is 6.54 Å². The van der Waals surface area contributed by atoms with Crippen molar-refractivity contribution in [1.82, 2.24) is 5.32 Å². The number of rotatable bonds is 10. The van der Waals surface area contributed by atoms with Crippen molar-refractivity contribution in [2.75, 3.05) is 19.6 Å². The molecule has 0 amide bonds. The van der Waals surface area contributed by atoms with Gasteiger partial charge in [0.1, 0.15) is 0 Å². The lowest BCUT2D eigenvalue weighted by Crippen LogP contribution is -2.24. The average Bonchev–Trinajstić information content (AvgIpc) is 2.98. The third-order valence-electron chi connectivity index (χ3n) is 3.55. The molecule has 0 atom stereocenters. The molecule has 0 aromatic heterocycles. The summed E-state index contributed by atoms with van der Waals surface area (Å²) in [5.74, 6) is 0. The van der Waals surface area contributed by atoms with Gasteiger partial charge in [0.2, 0.25) is 0 Å². The van der Waals surface area contributed by atoms with Gasteiger partial charge in [-0.3, -0.25) is 0 Å². The number of hydrogen-bond donors (Lipinski definition) is 2. The molecule has 0 heterocycles. The maximum Gasteiger partial charge on any atom is 0.000781 e. The van der Waals surface area contributed by atoms with Gasteiger partial charge in [-0.05, 0) is 50.6 Å². The molecule has 2 nitrogen and oxygen atoms in total. The van der Waals surface area contributed by atoms with E-state index in [1.165, 1.54) is 64.5 Å². The first-order chi connectivity index (χ1) is 7.33. The predicted molar refractivity (Wildman–Crippen MR) is 67.0 cm³/mol. The summed E-state index contributed by atoms with van der Waals surface area (Å²) in [6, 6.07) is 0. The summed E-state index contributed by atoms with van der Waals surface area (Å²) in [6.45, 7) is 5.62. The summed E-state index contributed by atoms with van der Waals surface area (Å²) in [6.07, 6.45) is 10.8. The van der Waals surface area contributed by atoms with E-state index in [1.807, 2.05) is 0 Å². The van der Waals surface area contributed by atoms with Crippen LogP contribution in [0.5, 0.6) is 0 Å². The standard InChI is InChI=1S/C13H28N2/c1-2-7-13(8-9-13)12-15-11-6-4-3-5-10-14/h15H,2-12,14H2,1H3. The summed E-state index contributed by atoms with van der Waals surface area (Å²) in [7, 11) is 0. The van der Waals surface area contributed by atoms with Crippen molar-refractivity contribution < 1.29 is 0 Å². The van der Waals surface area contributed by atoms with Gasteiger partial charge in [0.25, 0.3) is 0 Å². The summed E-state index contributed by atoms with van der Waals surface area (Å²) in [5.41, 5.74) is 6.17. The van der Waals surface area contributed by atoms with E-state index >= 15 is 0 Å². The van der Waals surface area contributed by atoms with Gasteiger partial charge >= 0.3 is 0 Å². The molecule has 1 saturated carbocycles. The molecule has 0 unspecified atom stereocenters. The zero-order valence-electron chi connectivity index (χ0n) is 10.4. The lowest BCUT2D eigenvalue weighted by atomic mass is 10.0. The Morgan fingerprint density at radius 2 is 1.87 bits per heavy atom. The van der Waals surface area contributed by atoms with Crippen LogP contribution in [0.1, 0.15) is 58.3 Å². The van der Waals surface area contributed by atoms with E-state index in [0.29, 0.717) is 5.41 Å². The molecule has 1 aliphatic carbocycles. The second-order valence-electron chi connectivity index (χ2n) is 5.13. The van der Waals surface area contributed by atoms with E-state index < -0.39 is 0 Å². The van der Waals surface area contributed by atoms with Crippen LogP contribution in [0.25, 0.3) is 0 Å². The van der Waals surface area contributed by atoms with Crippen molar-refractivity contribution in [2.24, 2.45) is 11.1 Å². The molecule has 90 valence electrons. The molecule has 1 rings (SSSR count). The fourth-order valence-corrected chi connectivity index (χ4v) is 2.32. The van der Waals surface area contributed by atoms with Gasteiger partial charge in [-0.2, -0.15) is 0 Å². The second-order valence-corrected chi connectivity index (χ2v) is 5.13. The molecule has 0 bridgehead atoms. The normalized spacial score (nSPS) is 18.0. The molecular weight excluding hydrogens is 184 g/mol. The van der Waals surface area contributed by atoms with Crippen LogP contribution in [0.15, 0.2) is 0 Å². The first-order valence-electron chi connectivity index (χ1n) is 6.74. The molecule has 0 aromatic carbocycles. The van der Waals surface area contributed by atoms with E-state index in [1.54, 1.807) is 0 Å². The summed E-state index contributed by atoms with van der Waals surface area (Å²) >= 11 is 0. The second kappa shape index (κ2) is 7.24. The minimum Gasteiger partial charge on any atom is -0.330 e. The van der Waals surface area contributed by atoms with Crippen LogP contribution in [-0.2, 0) is 0 Å². The topological polar surface area (TPSA) is 38.0 Å². The smallest absolute Gasteiger partial charge is 0.000781 e. The number of unbranched alkanes of at least 4 members (excludes halogenated alkanes) is 3.